The van der Waals surface area contributed by atoms with E-state index < -0.39 is 0 Å². The van der Waals surface area contributed by atoms with Crippen LogP contribution in [0.3, 0.4) is 0 Å². The van der Waals surface area contributed by atoms with Gasteiger partial charge in [0.2, 0.25) is 0 Å². The first-order chi connectivity index (χ1) is 6.02. The molecule has 78 valence electrons. The summed E-state index contributed by atoms with van der Waals surface area (Å²) in [6.07, 6.45) is 2.94. The number of aliphatic hydroxyl groups is 1. The molecule has 0 saturated carbocycles. The summed E-state index contributed by atoms with van der Waals surface area (Å²) in [6.45, 7) is 10.7. The Morgan fingerprint density at radius 1 is 1.08 bits per heavy atom. The molecule has 0 aliphatic carbocycles. The van der Waals surface area contributed by atoms with Crippen LogP contribution >= 0.6 is 0 Å². The summed E-state index contributed by atoms with van der Waals surface area (Å²) in [7, 11) is 0. The van der Waals surface area contributed by atoms with Crippen LogP contribution < -0.4 is 0 Å². The molecule has 2 radical (unpaired) electrons. The third-order valence-corrected chi connectivity index (χ3v) is 2.88. The fourth-order valence-electron chi connectivity index (χ4n) is 1.66. The van der Waals surface area contributed by atoms with Crippen LogP contribution in [-0.4, -0.2) is 11.2 Å². The number of rotatable bonds is 6. The van der Waals surface area contributed by atoms with Gasteiger partial charge in [0, 0.05) is 0 Å². The number of hydrogen-bond donors (Lipinski definition) is 1. The summed E-state index contributed by atoms with van der Waals surface area (Å²) in [4.78, 5) is 0. The monoisotopic (exact) mass is 184 g/mol. The van der Waals surface area contributed by atoms with Gasteiger partial charge in [-0.15, -0.1) is 0 Å². The van der Waals surface area contributed by atoms with Crippen molar-refractivity contribution in [2.45, 2.75) is 60.0 Å². The second kappa shape index (κ2) is 6.42. The molecule has 0 bridgehead atoms. The molecular weight excluding hydrogens is 160 g/mol. The average molecular weight is 184 g/mol. The molecule has 1 heteroatoms. The molecule has 0 spiro atoms. The van der Waals surface area contributed by atoms with E-state index in [9.17, 15) is 5.11 Å². The lowest BCUT2D eigenvalue weighted by Gasteiger charge is -2.28. The Morgan fingerprint density at radius 2 is 1.46 bits per heavy atom. The molecule has 1 N–H and O–H groups in total. The molecule has 0 aliphatic heterocycles. The van der Waals surface area contributed by atoms with Crippen molar-refractivity contribution in [1.82, 2.24) is 0 Å². The van der Waals surface area contributed by atoms with Gasteiger partial charge in [0.1, 0.15) is 0 Å². The predicted octanol–water partition coefficient (Wildman–Crippen LogP) is 3.38. The molecular formula is C12H24O. The lowest BCUT2D eigenvalue weighted by atomic mass is 9.77. The maximum absolute atomic E-state index is 9.38. The minimum atomic E-state index is -0.187. The van der Waals surface area contributed by atoms with Crippen molar-refractivity contribution >= 4 is 0 Å². The summed E-state index contributed by atoms with van der Waals surface area (Å²) in [5, 5.41) is 9.38. The van der Waals surface area contributed by atoms with Crippen molar-refractivity contribution in [2.75, 3.05) is 0 Å². The van der Waals surface area contributed by atoms with Crippen LogP contribution in [0.4, 0.5) is 0 Å². The van der Waals surface area contributed by atoms with Crippen LogP contribution in [0.25, 0.3) is 0 Å². The van der Waals surface area contributed by atoms with Gasteiger partial charge in [0.15, 0.2) is 0 Å². The topological polar surface area (TPSA) is 20.2 Å². The van der Waals surface area contributed by atoms with Crippen molar-refractivity contribution in [3.8, 4) is 0 Å². The first kappa shape index (κ1) is 13.0. The first-order valence-electron chi connectivity index (χ1n) is 5.35. The van der Waals surface area contributed by atoms with Crippen molar-refractivity contribution in [1.29, 1.82) is 0 Å². The number of aliphatic hydroxyl groups excluding tert-OH is 1. The highest BCUT2D eigenvalue weighted by molar-refractivity contribution is 5.06. The molecule has 0 heterocycles. The normalized spacial score (nSPS) is 14.5. The molecule has 0 aliphatic rings. The van der Waals surface area contributed by atoms with Gasteiger partial charge in [-0.25, -0.2) is 0 Å². The van der Waals surface area contributed by atoms with E-state index in [1.807, 2.05) is 6.92 Å². The van der Waals surface area contributed by atoms with E-state index in [1.54, 1.807) is 0 Å². The Kier molecular flexibility index (Phi) is 6.40. The van der Waals surface area contributed by atoms with Crippen LogP contribution in [0.1, 0.15) is 53.9 Å². The van der Waals surface area contributed by atoms with Crippen LogP contribution in [0, 0.1) is 17.8 Å². The largest absolute Gasteiger partial charge is 0.393 e. The van der Waals surface area contributed by atoms with Gasteiger partial charge in [-0.1, -0.05) is 27.7 Å². The van der Waals surface area contributed by atoms with Crippen molar-refractivity contribution in [3.63, 3.8) is 0 Å². The predicted molar refractivity (Wildman–Crippen MR) is 58.2 cm³/mol. The van der Waals surface area contributed by atoms with Gasteiger partial charge >= 0.3 is 0 Å². The summed E-state index contributed by atoms with van der Waals surface area (Å²) in [5.41, 5.74) is 0. The highest BCUT2D eigenvalue weighted by Gasteiger charge is 2.23. The zero-order valence-corrected chi connectivity index (χ0v) is 9.72. The number of hydrogen-bond acceptors (Lipinski definition) is 1. The summed E-state index contributed by atoms with van der Waals surface area (Å²) < 4.78 is 0. The minimum absolute atomic E-state index is 0.187. The van der Waals surface area contributed by atoms with E-state index in [4.69, 9.17) is 0 Å². The van der Waals surface area contributed by atoms with Gasteiger partial charge in [0.25, 0.3) is 0 Å². The fraction of sp³-hybridized carbons (Fsp3) is 0.833. The molecule has 0 aromatic carbocycles. The second-order valence-electron chi connectivity index (χ2n) is 4.04. The maximum atomic E-state index is 9.38. The van der Waals surface area contributed by atoms with E-state index >= 15 is 0 Å². The molecule has 0 aromatic heterocycles. The lowest BCUT2D eigenvalue weighted by molar-refractivity contribution is 0.163. The van der Waals surface area contributed by atoms with Crippen molar-refractivity contribution in [3.05, 3.63) is 11.8 Å². The summed E-state index contributed by atoms with van der Waals surface area (Å²) >= 11 is 0. The Balaban J connectivity index is 4.17. The average Bonchev–Trinajstić information content (AvgIpc) is 2.11. The quantitative estimate of drug-likeness (QED) is 0.671. The summed E-state index contributed by atoms with van der Waals surface area (Å²) in [5.74, 6) is 3.52. The first-order valence-corrected chi connectivity index (χ1v) is 5.35. The Labute approximate surface area is 83.5 Å². The van der Waals surface area contributed by atoms with Gasteiger partial charge in [-0.2, -0.15) is 0 Å². The van der Waals surface area contributed by atoms with Crippen molar-refractivity contribution < 1.29 is 5.11 Å². The molecule has 1 nitrogen and oxygen atoms in total. The van der Waals surface area contributed by atoms with E-state index in [0.717, 1.165) is 19.3 Å². The highest BCUT2D eigenvalue weighted by Crippen LogP contribution is 2.32. The molecule has 13 heavy (non-hydrogen) atoms. The van der Waals surface area contributed by atoms with Crippen LogP contribution in [0.15, 0.2) is 0 Å². The fourth-order valence-corrected chi connectivity index (χ4v) is 1.66. The van der Waals surface area contributed by atoms with E-state index in [-0.39, 0.29) is 6.10 Å². The zero-order valence-electron chi connectivity index (χ0n) is 9.72. The van der Waals surface area contributed by atoms with Crippen LogP contribution in [0.5, 0.6) is 0 Å². The maximum Gasteiger partial charge on any atom is 0.0515 e. The Bertz CT molecular complexity index is 110. The van der Waals surface area contributed by atoms with Crippen LogP contribution in [0.2, 0.25) is 0 Å². The standard InChI is InChI=1S/C12H24O/c1-6-9(3)12(8-11(5)13)10(4)7-2/h11-13H,6-8H2,1-5H3. The van der Waals surface area contributed by atoms with Gasteiger partial charge in [0.05, 0.1) is 6.10 Å². The van der Waals surface area contributed by atoms with Gasteiger partial charge in [-0.05, 0) is 43.9 Å². The van der Waals surface area contributed by atoms with E-state index in [0.29, 0.717) is 5.92 Å². The SMILES string of the molecule is CC[C](C)C(CC(C)O)[C](C)CC. The molecule has 1 atom stereocenters. The lowest BCUT2D eigenvalue weighted by Crippen LogP contribution is -2.20. The van der Waals surface area contributed by atoms with E-state index in [1.165, 1.54) is 11.8 Å². The van der Waals surface area contributed by atoms with Gasteiger partial charge < -0.3 is 5.11 Å². The molecule has 0 rings (SSSR count). The zero-order chi connectivity index (χ0) is 10.4. The Hall–Kier alpha value is -0.0400. The highest BCUT2D eigenvalue weighted by atomic mass is 16.3. The van der Waals surface area contributed by atoms with E-state index in [2.05, 4.69) is 27.7 Å². The molecule has 0 amide bonds. The van der Waals surface area contributed by atoms with Crippen LogP contribution in [-0.2, 0) is 0 Å². The third-order valence-electron chi connectivity index (χ3n) is 2.88. The Morgan fingerprint density at radius 3 is 1.69 bits per heavy atom. The molecule has 0 fully saturated rings. The smallest absolute Gasteiger partial charge is 0.0515 e. The minimum Gasteiger partial charge on any atom is -0.393 e. The summed E-state index contributed by atoms with van der Waals surface area (Å²) in [6, 6.07) is 0. The molecule has 0 aromatic rings. The second-order valence-corrected chi connectivity index (χ2v) is 4.04. The third kappa shape index (κ3) is 4.66. The molecule has 1 unspecified atom stereocenters. The van der Waals surface area contributed by atoms with Crippen molar-refractivity contribution in [2.24, 2.45) is 5.92 Å². The molecule has 0 saturated heterocycles. The van der Waals surface area contributed by atoms with Gasteiger partial charge in [-0.3, -0.25) is 0 Å².